The summed E-state index contributed by atoms with van der Waals surface area (Å²) in [6.07, 6.45) is 0. The maximum absolute atomic E-state index is 13.0. The molecule has 1 aromatic rings. The number of hydrogen-bond donors (Lipinski definition) is 2. The molecule has 0 saturated carbocycles. The lowest BCUT2D eigenvalue weighted by molar-refractivity contribution is -0.119. The number of nitrogens with two attached hydrogens (primary N) is 1. The Morgan fingerprint density at radius 2 is 2.06 bits per heavy atom. The van der Waals surface area contributed by atoms with E-state index < -0.39 is 23.7 Å². The van der Waals surface area contributed by atoms with Gasteiger partial charge < -0.3 is 11.1 Å². The predicted molar refractivity (Wildman–Crippen MR) is 60.2 cm³/mol. The van der Waals surface area contributed by atoms with Crippen LogP contribution < -0.4 is 11.1 Å². The molecular formula is C10H10BrFN2O2. The molecule has 0 saturated heterocycles. The van der Waals surface area contributed by atoms with Gasteiger partial charge >= 0.3 is 0 Å². The molecule has 0 aliphatic heterocycles. The van der Waals surface area contributed by atoms with Gasteiger partial charge in [-0.05, 0) is 25.1 Å². The van der Waals surface area contributed by atoms with E-state index in [0.717, 1.165) is 6.07 Å². The topological polar surface area (TPSA) is 72.2 Å². The highest BCUT2D eigenvalue weighted by molar-refractivity contribution is 9.10. The van der Waals surface area contributed by atoms with Crippen molar-refractivity contribution in [1.82, 2.24) is 5.32 Å². The van der Waals surface area contributed by atoms with Gasteiger partial charge in [0.05, 0.1) is 0 Å². The van der Waals surface area contributed by atoms with Crippen molar-refractivity contribution in [3.05, 3.63) is 34.1 Å². The Bertz CT molecular complexity index is 417. The summed E-state index contributed by atoms with van der Waals surface area (Å²) in [5.74, 6) is -1.73. The van der Waals surface area contributed by atoms with Crippen LogP contribution in [0.5, 0.6) is 0 Å². The molecule has 1 aromatic carbocycles. The van der Waals surface area contributed by atoms with E-state index in [1.807, 2.05) is 0 Å². The standard InChI is InChI=1S/C10H10BrFN2O2/c1-5(9(13)15)14-10(16)6-2-7(11)4-8(12)3-6/h2-5H,1H3,(H2,13,15)(H,14,16). The van der Waals surface area contributed by atoms with Gasteiger partial charge in [-0.1, -0.05) is 15.9 Å². The Balaban J connectivity index is 2.84. The van der Waals surface area contributed by atoms with Crippen LogP contribution in [0.3, 0.4) is 0 Å². The van der Waals surface area contributed by atoms with E-state index in [-0.39, 0.29) is 5.56 Å². The summed E-state index contributed by atoms with van der Waals surface area (Å²) in [5.41, 5.74) is 5.11. The van der Waals surface area contributed by atoms with Gasteiger partial charge in [0.1, 0.15) is 11.9 Å². The molecule has 3 N–H and O–H groups in total. The van der Waals surface area contributed by atoms with Gasteiger partial charge in [-0.2, -0.15) is 0 Å². The molecular weight excluding hydrogens is 279 g/mol. The number of benzene rings is 1. The number of nitrogens with one attached hydrogen (secondary N) is 1. The summed E-state index contributed by atoms with van der Waals surface area (Å²) < 4.78 is 13.4. The third-order valence-corrected chi connectivity index (χ3v) is 2.36. The summed E-state index contributed by atoms with van der Waals surface area (Å²) >= 11 is 3.06. The number of primary amides is 1. The quantitative estimate of drug-likeness (QED) is 0.877. The van der Waals surface area contributed by atoms with Crippen LogP contribution >= 0.6 is 15.9 Å². The summed E-state index contributed by atoms with van der Waals surface area (Å²) in [6, 6.07) is 2.96. The average molecular weight is 289 g/mol. The fraction of sp³-hybridized carbons (Fsp3) is 0.200. The zero-order valence-corrected chi connectivity index (χ0v) is 10.0. The highest BCUT2D eigenvalue weighted by atomic mass is 79.9. The van der Waals surface area contributed by atoms with Gasteiger partial charge in [-0.3, -0.25) is 9.59 Å². The van der Waals surface area contributed by atoms with Crippen molar-refractivity contribution in [3.63, 3.8) is 0 Å². The highest BCUT2D eigenvalue weighted by Crippen LogP contribution is 2.14. The van der Waals surface area contributed by atoms with Crippen molar-refractivity contribution in [1.29, 1.82) is 0 Å². The van der Waals surface area contributed by atoms with Gasteiger partial charge in [-0.15, -0.1) is 0 Å². The lowest BCUT2D eigenvalue weighted by Crippen LogP contribution is -2.42. The SMILES string of the molecule is CC(NC(=O)c1cc(F)cc(Br)c1)C(N)=O. The van der Waals surface area contributed by atoms with E-state index in [1.165, 1.54) is 19.1 Å². The molecule has 0 heterocycles. The normalized spacial score (nSPS) is 11.9. The fourth-order valence-corrected chi connectivity index (χ4v) is 1.50. The van der Waals surface area contributed by atoms with E-state index in [1.54, 1.807) is 0 Å². The van der Waals surface area contributed by atoms with E-state index in [4.69, 9.17) is 5.73 Å². The monoisotopic (exact) mass is 288 g/mol. The fourth-order valence-electron chi connectivity index (χ4n) is 1.04. The predicted octanol–water partition coefficient (Wildman–Crippen LogP) is 1.19. The summed E-state index contributed by atoms with van der Waals surface area (Å²) in [7, 11) is 0. The second-order valence-electron chi connectivity index (χ2n) is 3.26. The molecule has 0 fully saturated rings. The van der Waals surface area contributed by atoms with E-state index >= 15 is 0 Å². The number of rotatable bonds is 3. The molecule has 4 nitrogen and oxygen atoms in total. The van der Waals surface area contributed by atoms with Crippen molar-refractivity contribution < 1.29 is 14.0 Å². The zero-order chi connectivity index (χ0) is 12.3. The molecule has 86 valence electrons. The molecule has 1 atom stereocenters. The zero-order valence-electron chi connectivity index (χ0n) is 8.46. The first kappa shape index (κ1) is 12.6. The summed E-state index contributed by atoms with van der Waals surface area (Å²) in [6.45, 7) is 1.45. The minimum Gasteiger partial charge on any atom is -0.368 e. The minimum atomic E-state index is -0.797. The largest absolute Gasteiger partial charge is 0.368 e. The van der Waals surface area contributed by atoms with Crippen molar-refractivity contribution in [2.24, 2.45) is 5.73 Å². The average Bonchev–Trinajstić information content (AvgIpc) is 2.15. The van der Waals surface area contributed by atoms with Crippen LogP contribution in [0.1, 0.15) is 17.3 Å². The molecule has 0 aromatic heterocycles. The van der Waals surface area contributed by atoms with Crippen LogP contribution in [-0.2, 0) is 4.79 Å². The molecule has 2 amide bonds. The number of carbonyl (C=O) groups excluding carboxylic acids is 2. The van der Waals surface area contributed by atoms with Gasteiger partial charge in [-0.25, -0.2) is 4.39 Å². The van der Waals surface area contributed by atoms with Crippen molar-refractivity contribution >= 4 is 27.7 Å². The third kappa shape index (κ3) is 3.30. The van der Waals surface area contributed by atoms with Crippen LogP contribution in [0.4, 0.5) is 4.39 Å². The second-order valence-corrected chi connectivity index (χ2v) is 4.17. The van der Waals surface area contributed by atoms with Gasteiger partial charge in [0.15, 0.2) is 0 Å². The molecule has 0 bridgehead atoms. The van der Waals surface area contributed by atoms with Crippen LogP contribution in [0.2, 0.25) is 0 Å². The van der Waals surface area contributed by atoms with E-state index in [9.17, 15) is 14.0 Å². The van der Waals surface area contributed by atoms with Crippen molar-refractivity contribution in [2.75, 3.05) is 0 Å². The van der Waals surface area contributed by atoms with Crippen LogP contribution in [0.15, 0.2) is 22.7 Å². The maximum atomic E-state index is 13.0. The molecule has 16 heavy (non-hydrogen) atoms. The Morgan fingerprint density at radius 1 is 1.44 bits per heavy atom. The Kier molecular flexibility index (Phi) is 4.00. The Labute approximate surface area is 100 Å². The van der Waals surface area contributed by atoms with Crippen molar-refractivity contribution in [3.8, 4) is 0 Å². The second kappa shape index (κ2) is 5.07. The summed E-state index contributed by atoms with van der Waals surface area (Å²) in [4.78, 5) is 22.3. The lowest BCUT2D eigenvalue weighted by atomic mass is 10.2. The van der Waals surface area contributed by atoms with Crippen LogP contribution in [0, 0.1) is 5.82 Å². The summed E-state index contributed by atoms with van der Waals surface area (Å²) in [5, 5.41) is 2.35. The van der Waals surface area contributed by atoms with Crippen LogP contribution in [-0.4, -0.2) is 17.9 Å². The van der Waals surface area contributed by atoms with E-state index in [0.29, 0.717) is 4.47 Å². The van der Waals surface area contributed by atoms with Crippen molar-refractivity contribution in [2.45, 2.75) is 13.0 Å². The molecule has 0 spiro atoms. The number of halogens is 2. The Morgan fingerprint density at radius 3 is 2.56 bits per heavy atom. The first-order valence-corrected chi connectivity index (χ1v) is 5.25. The molecule has 1 rings (SSSR count). The van der Waals surface area contributed by atoms with E-state index in [2.05, 4.69) is 21.2 Å². The molecule has 0 radical (unpaired) electrons. The first-order chi connectivity index (χ1) is 7.40. The lowest BCUT2D eigenvalue weighted by Gasteiger charge is -2.10. The molecule has 6 heteroatoms. The minimum absolute atomic E-state index is 0.125. The number of carbonyl (C=O) groups is 2. The van der Waals surface area contributed by atoms with Crippen LogP contribution in [0.25, 0.3) is 0 Å². The number of amides is 2. The van der Waals surface area contributed by atoms with Gasteiger partial charge in [0, 0.05) is 10.0 Å². The molecule has 0 aliphatic carbocycles. The number of hydrogen-bond acceptors (Lipinski definition) is 2. The third-order valence-electron chi connectivity index (χ3n) is 1.90. The van der Waals surface area contributed by atoms with Gasteiger partial charge in [0.25, 0.3) is 5.91 Å². The van der Waals surface area contributed by atoms with Gasteiger partial charge in [0.2, 0.25) is 5.91 Å². The first-order valence-electron chi connectivity index (χ1n) is 4.46. The maximum Gasteiger partial charge on any atom is 0.252 e. The molecule has 0 aliphatic rings. The smallest absolute Gasteiger partial charge is 0.252 e. The highest BCUT2D eigenvalue weighted by Gasteiger charge is 2.14. The molecule has 1 unspecified atom stereocenters. The Hall–Kier alpha value is -1.43.